The lowest BCUT2D eigenvalue weighted by Gasteiger charge is -2.17. The van der Waals surface area contributed by atoms with Crippen LogP contribution in [0.2, 0.25) is 0 Å². The first-order valence-corrected chi connectivity index (χ1v) is 6.83. The number of hydrogen-bond acceptors (Lipinski definition) is 6. The predicted molar refractivity (Wildman–Crippen MR) is 81.9 cm³/mol. The number of carbonyl (C=O) groups excluding carboxylic acids is 2. The highest BCUT2D eigenvalue weighted by Crippen LogP contribution is 2.35. The van der Waals surface area contributed by atoms with Gasteiger partial charge in [0.25, 0.3) is 0 Å². The van der Waals surface area contributed by atoms with Crippen molar-refractivity contribution in [2.24, 2.45) is 14.1 Å². The van der Waals surface area contributed by atoms with E-state index in [1.165, 1.54) is 9.36 Å². The number of hydrogen-bond donors (Lipinski definition) is 0. The van der Waals surface area contributed by atoms with E-state index in [0.29, 0.717) is 34.2 Å². The van der Waals surface area contributed by atoms with E-state index in [-0.39, 0.29) is 11.6 Å². The molecule has 2 aromatic rings. The SMILES string of the molecule is CN(C)c1nn(C)c2c1C(=O)c1c(c(N(C)C)nn1C)C2=O. The molecule has 1 aliphatic rings. The van der Waals surface area contributed by atoms with E-state index in [2.05, 4.69) is 10.2 Å². The fourth-order valence-corrected chi connectivity index (χ4v) is 2.82. The van der Waals surface area contributed by atoms with Crippen LogP contribution in [0.5, 0.6) is 0 Å². The van der Waals surface area contributed by atoms with Crippen LogP contribution >= 0.6 is 0 Å². The lowest BCUT2D eigenvalue weighted by Crippen LogP contribution is -2.26. The summed E-state index contributed by atoms with van der Waals surface area (Å²) < 4.78 is 2.94. The van der Waals surface area contributed by atoms with Gasteiger partial charge in [-0.15, -0.1) is 0 Å². The van der Waals surface area contributed by atoms with E-state index in [9.17, 15) is 9.59 Å². The van der Waals surface area contributed by atoms with E-state index in [1.807, 2.05) is 0 Å². The summed E-state index contributed by atoms with van der Waals surface area (Å²) >= 11 is 0. The Kier molecular flexibility index (Phi) is 2.88. The van der Waals surface area contributed by atoms with Crippen molar-refractivity contribution in [1.29, 1.82) is 0 Å². The van der Waals surface area contributed by atoms with Crippen molar-refractivity contribution in [2.45, 2.75) is 0 Å². The van der Waals surface area contributed by atoms with E-state index in [1.54, 1.807) is 52.1 Å². The summed E-state index contributed by atoms with van der Waals surface area (Å²) in [5.41, 5.74) is 1.33. The predicted octanol–water partition coefficient (Wildman–Crippen LogP) is 0.0610. The first kappa shape index (κ1) is 14.3. The minimum absolute atomic E-state index is 0.218. The molecule has 116 valence electrons. The van der Waals surface area contributed by atoms with Gasteiger partial charge in [-0.2, -0.15) is 10.2 Å². The van der Waals surface area contributed by atoms with E-state index >= 15 is 0 Å². The molecule has 0 amide bonds. The standard InChI is InChI=1S/C14H18N6O2/c1-17(2)13-7-9(19(5)15-13)12(22)8-10(11(7)21)20(6)16-14(8)18(3)4/h1-6H3. The Hall–Kier alpha value is -2.64. The molecule has 0 spiro atoms. The van der Waals surface area contributed by atoms with Crippen LogP contribution in [0.15, 0.2) is 0 Å². The molecule has 0 radical (unpaired) electrons. The van der Waals surface area contributed by atoms with Gasteiger partial charge in [-0.05, 0) is 0 Å². The smallest absolute Gasteiger partial charge is 0.217 e. The molecule has 0 saturated carbocycles. The Morgan fingerprint density at radius 3 is 1.32 bits per heavy atom. The zero-order valence-electron chi connectivity index (χ0n) is 13.5. The maximum Gasteiger partial charge on any atom is 0.217 e. The molecule has 0 aliphatic heterocycles. The number of nitrogens with zero attached hydrogens (tertiary/aromatic N) is 6. The Bertz CT molecular complexity index is 744. The molecule has 22 heavy (non-hydrogen) atoms. The van der Waals surface area contributed by atoms with Gasteiger partial charge in [0.2, 0.25) is 11.6 Å². The number of aromatic nitrogens is 4. The minimum atomic E-state index is -0.218. The molecule has 8 heteroatoms. The topological polar surface area (TPSA) is 76.3 Å². The Morgan fingerprint density at radius 2 is 1.05 bits per heavy atom. The van der Waals surface area contributed by atoms with Gasteiger partial charge in [0.15, 0.2) is 11.6 Å². The minimum Gasteiger partial charge on any atom is -0.361 e. The lowest BCUT2D eigenvalue weighted by molar-refractivity contribution is 0.0969. The fraction of sp³-hybridized carbons (Fsp3) is 0.429. The van der Waals surface area contributed by atoms with Crippen molar-refractivity contribution >= 4 is 23.2 Å². The number of aryl methyl sites for hydroxylation is 2. The average Bonchev–Trinajstić information content (AvgIpc) is 2.95. The van der Waals surface area contributed by atoms with Crippen molar-refractivity contribution in [3.63, 3.8) is 0 Å². The fourth-order valence-electron chi connectivity index (χ4n) is 2.82. The monoisotopic (exact) mass is 302 g/mol. The molecule has 0 bridgehead atoms. The van der Waals surface area contributed by atoms with E-state index < -0.39 is 0 Å². The highest BCUT2D eigenvalue weighted by atomic mass is 16.1. The third kappa shape index (κ3) is 1.63. The quantitative estimate of drug-likeness (QED) is 0.666. The van der Waals surface area contributed by atoms with Crippen molar-refractivity contribution in [3.05, 3.63) is 22.5 Å². The van der Waals surface area contributed by atoms with Crippen molar-refractivity contribution in [2.75, 3.05) is 38.0 Å². The molecule has 0 aromatic carbocycles. The van der Waals surface area contributed by atoms with Crippen LogP contribution in [-0.4, -0.2) is 59.3 Å². The lowest BCUT2D eigenvalue weighted by atomic mass is 9.91. The van der Waals surface area contributed by atoms with Crippen molar-refractivity contribution in [3.8, 4) is 0 Å². The molecular weight excluding hydrogens is 284 g/mol. The molecule has 2 aromatic heterocycles. The van der Waals surface area contributed by atoms with Gasteiger partial charge in [0.1, 0.15) is 11.4 Å². The van der Waals surface area contributed by atoms with Gasteiger partial charge in [0, 0.05) is 42.3 Å². The molecule has 0 N–H and O–H groups in total. The second kappa shape index (κ2) is 4.43. The van der Waals surface area contributed by atoms with Crippen LogP contribution < -0.4 is 9.80 Å². The maximum atomic E-state index is 12.9. The second-order valence-electron chi connectivity index (χ2n) is 5.79. The maximum absolute atomic E-state index is 12.9. The Morgan fingerprint density at radius 1 is 0.727 bits per heavy atom. The highest BCUT2D eigenvalue weighted by molar-refractivity contribution is 6.30. The van der Waals surface area contributed by atoms with Crippen molar-refractivity contribution < 1.29 is 9.59 Å². The zero-order chi connectivity index (χ0) is 16.3. The summed E-state index contributed by atoms with van der Waals surface area (Å²) in [5, 5.41) is 8.63. The number of fused-ring (bicyclic) bond motifs is 2. The van der Waals surface area contributed by atoms with Crippen LogP contribution in [-0.2, 0) is 14.1 Å². The van der Waals surface area contributed by atoms with E-state index in [0.717, 1.165) is 0 Å². The molecular formula is C14H18N6O2. The molecule has 1 aliphatic carbocycles. The zero-order valence-corrected chi connectivity index (χ0v) is 13.5. The summed E-state index contributed by atoms with van der Waals surface area (Å²) in [4.78, 5) is 29.3. The largest absolute Gasteiger partial charge is 0.361 e. The third-order valence-electron chi connectivity index (χ3n) is 3.79. The number of rotatable bonds is 2. The highest BCUT2D eigenvalue weighted by Gasteiger charge is 2.41. The molecule has 0 unspecified atom stereocenters. The third-order valence-corrected chi connectivity index (χ3v) is 3.79. The van der Waals surface area contributed by atoms with Gasteiger partial charge in [0.05, 0.1) is 11.1 Å². The Balaban J connectivity index is 2.35. The molecule has 0 fully saturated rings. The van der Waals surface area contributed by atoms with E-state index in [4.69, 9.17) is 0 Å². The van der Waals surface area contributed by atoms with Gasteiger partial charge < -0.3 is 9.80 Å². The Labute approximate surface area is 127 Å². The van der Waals surface area contributed by atoms with Gasteiger partial charge >= 0.3 is 0 Å². The first-order valence-electron chi connectivity index (χ1n) is 6.83. The second-order valence-corrected chi connectivity index (χ2v) is 5.79. The summed E-state index contributed by atoms with van der Waals surface area (Å²) in [7, 11) is 10.5. The molecule has 2 heterocycles. The molecule has 8 nitrogen and oxygen atoms in total. The first-order chi connectivity index (χ1) is 10.3. The van der Waals surface area contributed by atoms with Gasteiger partial charge in [-0.3, -0.25) is 19.0 Å². The van der Waals surface area contributed by atoms with Crippen LogP contribution in [0.3, 0.4) is 0 Å². The number of carbonyl (C=O) groups is 2. The van der Waals surface area contributed by atoms with Crippen LogP contribution in [0.4, 0.5) is 11.6 Å². The summed E-state index contributed by atoms with van der Waals surface area (Å²) in [6.45, 7) is 0. The van der Waals surface area contributed by atoms with Crippen LogP contribution in [0.25, 0.3) is 0 Å². The van der Waals surface area contributed by atoms with Crippen LogP contribution in [0.1, 0.15) is 32.1 Å². The number of anilines is 2. The normalized spacial score (nSPS) is 13.2. The van der Waals surface area contributed by atoms with Crippen LogP contribution in [0, 0.1) is 0 Å². The number of ketones is 2. The molecule has 0 saturated heterocycles. The molecule has 3 rings (SSSR count). The summed E-state index contributed by atoms with van der Waals surface area (Å²) in [6.07, 6.45) is 0. The van der Waals surface area contributed by atoms with Gasteiger partial charge in [-0.25, -0.2) is 0 Å². The summed E-state index contributed by atoms with van der Waals surface area (Å²) in [6, 6.07) is 0. The average molecular weight is 302 g/mol. The molecule has 0 atom stereocenters. The van der Waals surface area contributed by atoms with Gasteiger partial charge in [-0.1, -0.05) is 0 Å². The summed E-state index contributed by atoms with van der Waals surface area (Å²) in [5.74, 6) is 0.553. The van der Waals surface area contributed by atoms with Crippen molar-refractivity contribution in [1.82, 2.24) is 19.6 Å².